The average Bonchev–Trinajstić information content (AvgIpc) is 2.38. The number of esters is 1. The van der Waals surface area contributed by atoms with Gasteiger partial charge in [0, 0.05) is 0 Å². The van der Waals surface area contributed by atoms with Crippen LogP contribution in [0.5, 0.6) is 0 Å². The van der Waals surface area contributed by atoms with E-state index in [1.807, 2.05) is 18.2 Å². The predicted molar refractivity (Wildman–Crippen MR) is 70.0 cm³/mol. The molecule has 1 atom stereocenters. The lowest BCUT2D eigenvalue weighted by molar-refractivity contribution is 0.0377. The molecule has 0 aliphatic heterocycles. The quantitative estimate of drug-likeness (QED) is 0.404. The van der Waals surface area contributed by atoms with Gasteiger partial charge in [0.25, 0.3) is 0 Å². The number of carbonyl (C=O) groups is 1. The minimum Gasteiger partial charge on any atom is -0.455 e. The van der Waals surface area contributed by atoms with Crippen molar-refractivity contribution in [1.82, 2.24) is 0 Å². The van der Waals surface area contributed by atoms with Gasteiger partial charge in [0.2, 0.25) is 0 Å². The van der Waals surface area contributed by atoms with Gasteiger partial charge < -0.3 is 4.74 Å². The van der Waals surface area contributed by atoms with Crippen LogP contribution in [0.2, 0.25) is 0 Å². The number of rotatable bonds is 7. The van der Waals surface area contributed by atoms with Gasteiger partial charge in [-0.3, -0.25) is 0 Å². The van der Waals surface area contributed by atoms with Gasteiger partial charge in [-0.25, -0.2) is 4.79 Å². The Bertz CT molecular complexity index is 343. The van der Waals surface area contributed by atoms with E-state index in [0.717, 1.165) is 25.7 Å². The van der Waals surface area contributed by atoms with Crippen molar-refractivity contribution in [2.24, 2.45) is 0 Å². The fourth-order valence-corrected chi connectivity index (χ4v) is 1.60. The number of benzene rings is 1. The highest BCUT2D eigenvalue weighted by Gasteiger charge is 2.12. The number of hydrogen-bond acceptors (Lipinski definition) is 2. The minimum absolute atomic E-state index is 0.172. The van der Waals surface area contributed by atoms with Crippen LogP contribution in [0.1, 0.15) is 43.0 Å². The molecule has 0 amide bonds. The van der Waals surface area contributed by atoms with E-state index in [2.05, 4.69) is 13.5 Å². The van der Waals surface area contributed by atoms with Crippen LogP contribution in [-0.2, 0) is 4.74 Å². The highest BCUT2D eigenvalue weighted by Crippen LogP contribution is 2.11. The Morgan fingerprint density at radius 2 is 2.06 bits per heavy atom. The Morgan fingerprint density at radius 3 is 2.65 bits per heavy atom. The summed E-state index contributed by atoms with van der Waals surface area (Å²) in [4.78, 5) is 11.8. The fraction of sp³-hybridized carbons (Fsp3) is 0.400. The number of ether oxygens (including phenoxy) is 1. The molecule has 0 radical (unpaired) electrons. The van der Waals surface area contributed by atoms with E-state index >= 15 is 0 Å². The van der Waals surface area contributed by atoms with Crippen molar-refractivity contribution in [1.29, 1.82) is 0 Å². The molecule has 0 aromatic heterocycles. The molecule has 2 heteroatoms. The Hall–Kier alpha value is -1.57. The first-order valence-electron chi connectivity index (χ1n) is 6.16. The zero-order valence-corrected chi connectivity index (χ0v) is 10.4. The molecule has 0 saturated carbocycles. The molecule has 0 spiro atoms. The smallest absolute Gasteiger partial charge is 0.338 e. The van der Waals surface area contributed by atoms with Gasteiger partial charge in [-0.1, -0.05) is 50.6 Å². The van der Waals surface area contributed by atoms with Gasteiger partial charge in [-0.05, 0) is 25.0 Å². The summed E-state index contributed by atoms with van der Waals surface area (Å²) in [7, 11) is 0. The Balaban J connectivity index is 2.45. The third kappa shape index (κ3) is 4.85. The standard InChI is InChI=1S/C15H20O2/c1-3-5-7-12-14(4-2)17-15(16)13-10-8-6-9-11-13/h4,6,8-11,14H,2-3,5,7,12H2,1H3. The molecular formula is C15H20O2. The largest absolute Gasteiger partial charge is 0.455 e. The zero-order valence-electron chi connectivity index (χ0n) is 10.4. The fourth-order valence-electron chi connectivity index (χ4n) is 1.60. The first kappa shape index (κ1) is 13.5. The third-order valence-electron chi connectivity index (χ3n) is 2.62. The van der Waals surface area contributed by atoms with Crippen LogP contribution in [0.25, 0.3) is 0 Å². The van der Waals surface area contributed by atoms with Crippen molar-refractivity contribution in [3.05, 3.63) is 48.6 Å². The molecule has 0 saturated heterocycles. The highest BCUT2D eigenvalue weighted by molar-refractivity contribution is 5.89. The molecule has 2 nitrogen and oxygen atoms in total. The van der Waals surface area contributed by atoms with E-state index in [1.54, 1.807) is 18.2 Å². The zero-order chi connectivity index (χ0) is 12.5. The van der Waals surface area contributed by atoms with Crippen LogP contribution in [0.3, 0.4) is 0 Å². The van der Waals surface area contributed by atoms with Gasteiger partial charge in [0.05, 0.1) is 5.56 Å². The third-order valence-corrected chi connectivity index (χ3v) is 2.62. The van der Waals surface area contributed by atoms with Crippen LogP contribution in [0.4, 0.5) is 0 Å². The van der Waals surface area contributed by atoms with Crippen molar-refractivity contribution < 1.29 is 9.53 Å². The highest BCUT2D eigenvalue weighted by atomic mass is 16.5. The van der Waals surface area contributed by atoms with Gasteiger partial charge in [-0.15, -0.1) is 0 Å². The molecule has 1 aromatic carbocycles. The van der Waals surface area contributed by atoms with Gasteiger partial charge >= 0.3 is 5.97 Å². The van der Waals surface area contributed by atoms with Crippen molar-refractivity contribution in [2.45, 2.75) is 38.7 Å². The number of carbonyl (C=O) groups excluding carboxylic acids is 1. The minimum atomic E-state index is -0.271. The molecule has 1 aromatic rings. The maximum absolute atomic E-state index is 11.8. The second kappa shape index (κ2) is 7.66. The van der Waals surface area contributed by atoms with E-state index in [-0.39, 0.29) is 12.1 Å². The lowest BCUT2D eigenvalue weighted by Crippen LogP contribution is -2.15. The SMILES string of the molecule is C=CC(CCCCC)OC(=O)c1ccccc1. The molecule has 0 fully saturated rings. The number of unbranched alkanes of at least 4 members (excludes halogenated alkanes) is 2. The molecule has 0 aliphatic carbocycles. The average molecular weight is 232 g/mol. The topological polar surface area (TPSA) is 26.3 Å². The van der Waals surface area contributed by atoms with E-state index in [0.29, 0.717) is 5.56 Å². The van der Waals surface area contributed by atoms with E-state index in [1.165, 1.54) is 0 Å². The molecule has 92 valence electrons. The Labute approximate surface area is 103 Å². The van der Waals surface area contributed by atoms with Gasteiger partial charge in [0.1, 0.15) is 6.10 Å². The molecule has 0 bridgehead atoms. The lowest BCUT2D eigenvalue weighted by Gasteiger charge is -2.13. The van der Waals surface area contributed by atoms with Crippen molar-refractivity contribution in [3.8, 4) is 0 Å². The Kier molecular flexibility index (Phi) is 6.08. The van der Waals surface area contributed by atoms with Gasteiger partial charge in [-0.2, -0.15) is 0 Å². The summed E-state index contributed by atoms with van der Waals surface area (Å²) in [6, 6.07) is 9.05. The maximum atomic E-state index is 11.8. The van der Waals surface area contributed by atoms with Gasteiger partial charge in [0.15, 0.2) is 0 Å². The second-order valence-electron chi connectivity index (χ2n) is 4.04. The first-order valence-corrected chi connectivity index (χ1v) is 6.16. The monoisotopic (exact) mass is 232 g/mol. The van der Waals surface area contributed by atoms with Crippen LogP contribution in [-0.4, -0.2) is 12.1 Å². The van der Waals surface area contributed by atoms with Crippen molar-refractivity contribution >= 4 is 5.97 Å². The summed E-state index contributed by atoms with van der Waals surface area (Å²) in [5, 5.41) is 0. The van der Waals surface area contributed by atoms with E-state index in [9.17, 15) is 4.79 Å². The van der Waals surface area contributed by atoms with Crippen LogP contribution in [0.15, 0.2) is 43.0 Å². The molecule has 0 heterocycles. The predicted octanol–water partition coefficient (Wildman–Crippen LogP) is 3.98. The summed E-state index contributed by atoms with van der Waals surface area (Å²) in [5.74, 6) is -0.271. The van der Waals surface area contributed by atoms with Crippen LogP contribution in [0, 0.1) is 0 Å². The molecular weight excluding hydrogens is 212 g/mol. The first-order chi connectivity index (χ1) is 8.27. The summed E-state index contributed by atoms with van der Waals surface area (Å²) < 4.78 is 5.38. The molecule has 0 N–H and O–H groups in total. The molecule has 1 unspecified atom stereocenters. The lowest BCUT2D eigenvalue weighted by atomic mass is 10.1. The van der Waals surface area contributed by atoms with E-state index in [4.69, 9.17) is 4.74 Å². The maximum Gasteiger partial charge on any atom is 0.338 e. The second-order valence-corrected chi connectivity index (χ2v) is 4.04. The summed E-state index contributed by atoms with van der Waals surface area (Å²) in [6.07, 6.45) is 5.78. The van der Waals surface area contributed by atoms with Crippen LogP contribution < -0.4 is 0 Å². The number of hydrogen-bond donors (Lipinski definition) is 0. The normalized spacial score (nSPS) is 11.8. The summed E-state index contributed by atoms with van der Waals surface area (Å²) in [5.41, 5.74) is 0.592. The van der Waals surface area contributed by atoms with Crippen molar-refractivity contribution in [3.63, 3.8) is 0 Å². The molecule has 1 rings (SSSR count). The summed E-state index contributed by atoms with van der Waals surface area (Å²) in [6.45, 7) is 5.86. The Morgan fingerprint density at radius 1 is 1.35 bits per heavy atom. The molecule has 0 aliphatic rings. The molecule has 17 heavy (non-hydrogen) atoms. The van der Waals surface area contributed by atoms with E-state index < -0.39 is 0 Å². The summed E-state index contributed by atoms with van der Waals surface area (Å²) >= 11 is 0. The van der Waals surface area contributed by atoms with Crippen molar-refractivity contribution in [2.75, 3.05) is 0 Å². The van der Waals surface area contributed by atoms with Crippen LogP contribution >= 0.6 is 0 Å².